The minimum Gasteiger partial charge on any atom is -0.480 e. The monoisotopic (exact) mass is 468 g/mol. The van der Waals surface area contributed by atoms with E-state index in [1.54, 1.807) is 6.92 Å². The summed E-state index contributed by atoms with van der Waals surface area (Å²) >= 11 is 0. The Balaban J connectivity index is 1.72. The SMILES string of the molecule is C[C@H](NC(=O)[C@@H](NC(=O)OCC1c2ccccc2-c2ccccc21)[C@@H](C)OC(C)(C)C)C(=O)O. The summed E-state index contributed by atoms with van der Waals surface area (Å²) in [6.45, 7) is 8.56. The van der Waals surface area contributed by atoms with Crippen molar-refractivity contribution in [1.82, 2.24) is 10.6 Å². The van der Waals surface area contributed by atoms with Crippen LogP contribution in [0, 0.1) is 0 Å². The highest BCUT2D eigenvalue weighted by Crippen LogP contribution is 2.44. The lowest BCUT2D eigenvalue weighted by Gasteiger charge is -2.31. The number of carboxylic acids is 1. The highest BCUT2D eigenvalue weighted by atomic mass is 16.6. The minimum atomic E-state index is -1.18. The van der Waals surface area contributed by atoms with Gasteiger partial charge < -0.3 is 25.2 Å². The van der Waals surface area contributed by atoms with Crippen LogP contribution in [0.4, 0.5) is 4.79 Å². The molecular weight excluding hydrogens is 436 g/mol. The number of benzene rings is 2. The Morgan fingerprint density at radius 1 is 0.941 bits per heavy atom. The summed E-state index contributed by atoms with van der Waals surface area (Å²) in [7, 11) is 0. The second-order valence-electron chi connectivity index (χ2n) is 9.45. The Labute approximate surface area is 199 Å². The molecular formula is C26H32N2O6. The van der Waals surface area contributed by atoms with Crippen LogP contribution in [-0.4, -0.2) is 53.5 Å². The third-order valence-electron chi connectivity index (χ3n) is 5.64. The Hall–Kier alpha value is -3.39. The average Bonchev–Trinajstić information content (AvgIpc) is 3.08. The van der Waals surface area contributed by atoms with Crippen molar-refractivity contribution >= 4 is 18.0 Å². The number of hydrogen-bond donors (Lipinski definition) is 3. The van der Waals surface area contributed by atoms with Gasteiger partial charge in [0.15, 0.2) is 0 Å². The normalized spacial score (nSPS) is 15.4. The Morgan fingerprint density at radius 3 is 1.97 bits per heavy atom. The number of carbonyl (C=O) groups is 3. The third kappa shape index (κ3) is 5.94. The van der Waals surface area contributed by atoms with E-state index in [1.807, 2.05) is 69.3 Å². The predicted molar refractivity (Wildman–Crippen MR) is 128 cm³/mol. The number of fused-ring (bicyclic) bond motifs is 3. The lowest BCUT2D eigenvalue weighted by atomic mass is 9.98. The van der Waals surface area contributed by atoms with Crippen molar-refractivity contribution in [3.63, 3.8) is 0 Å². The van der Waals surface area contributed by atoms with Crippen molar-refractivity contribution in [1.29, 1.82) is 0 Å². The number of carboxylic acid groups (broad SMARTS) is 1. The fourth-order valence-corrected chi connectivity index (χ4v) is 4.15. The lowest BCUT2D eigenvalue weighted by Crippen LogP contribution is -2.56. The van der Waals surface area contributed by atoms with Gasteiger partial charge in [0.25, 0.3) is 0 Å². The predicted octanol–water partition coefficient (Wildman–Crippen LogP) is 3.69. The van der Waals surface area contributed by atoms with E-state index in [4.69, 9.17) is 14.6 Å². The van der Waals surface area contributed by atoms with Gasteiger partial charge in [0.1, 0.15) is 18.7 Å². The van der Waals surface area contributed by atoms with E-state index in [0.717, 1.165) is 22.3 Å². The van der Waals surface area contributed by atoms with Gasteiger partial charge in [-0.25, -0.2) is 4.79 Å². The van der Waals surface area contributed by atoms with Crippen LogP contribution in [0.15, 0.2) is 48.5 Å². The van der Waals surface area contributed by atoms with Gasteiger partial charge in [-0.1, -0.05) is 48.5 Å². The summed E-state index contributed by atoms with van der Waals surface area (Å²) in [6, 6.07) is 13.7. The molecule has 2 amide bonds. The van der Waals surface area contributed by atoms with Crippen molar-refractivity contribution in [2.45, 2.75) is 64.3 Å². The average molecular weight is 469 g/mol. The van der Waals surface area contributed by atoms with E-state index in [2.05, 4.69) is 10.6 Å². The van der Waals surface area contributed by atoms with Crippen LogP contribution in [0.5, 0.6) is 0 Å². The maximum atomic E-state index is 12.8. The maximum Gasteiger partial charge on any atom is 0.407 e. The molecule has 0 spiro atoms. The summed E-state index contributed by atoms with van der Waals surface area (Å²) in [5, 5.41) is 14.1. The molecule has 0 saturated carbocycles. The van der Waals surface area contributed by atoms with Crippen molar-refractivity contribution in [3.8, 4) is 11.1 Å². The Kier molecular flexibility index (Phi) is 7.61. The van der Waals surface area contributed by atoms with Crippen LogP contribution in [-0.2, 0) is 19.1 Å². The maximum absolute atomic E-state index is 12.8. The summed E-state index contributed by atoms with van der Waals surface area (Å²) in [5.41, 5.74) is 3.79. The van der Waals surface area contributed by atoms with Crippen LogP contribution in [0.25, 0.3) is 11.1 Å². The molecule has 8 heteroatoms. The van der Waals surface area contributed by atoms with Gasteiger partial charge >= 0.3 is 12.1 Å². The topological polar surface area (TPSA) is 114 Å². The van der Waals surface area contributed by atoms with Crippen LogP contribution in [0.2, 0.25) is 0 Å². The molecule has 1 aliphatic carbocycles. The number of carbonyl (C=O) groups excluding carboxylic acids is 2. The zero-order valence-corrected chi connectivity index (χ0v) is 20.1. The molecule has 182 valence electrons. The summed E-state index contributed by atoms with van der Waals surface area (Å²) in [5.74, 6) is -1.97. The van der Waals surface area contributed by atoms with E-state index >= 15 is 0 Å². The number of ether oxygens (including phenoxy) is 2. The minimum absolute atomic E-state index is 0.0915. The first-order chi connectivity index (χ1) is 16.0. The lowest BCUT2D eigenvalue weighted by molar-refractivity contribution is -0.143. The molecule has 8 nitrogen and oxygen atoms in total. The van der Waals surface area contributed by atoms with Gasteiger partial charge in [-0.3, -0.25) is 9.59 Å². The van der Waals surface area contributed by atoms with Crippen LogP contribution in [0.1, 0.15) is 51.7 Å². The molecule has 0 heterocycles. The van der Waals surface area contributed by atoms with Gasteiger partial charge in [-0.15, -0.1) is 0 Å². The van der Waals surface area contributed by atoms with Crippen LogP contribution < -0.4 is 10.6 Å². The largest absolute Gasteiger partial charge is 0.480 e. The molecule has 2 aromatic carbocycles. The molecule has 0 fully saturated rings. The molecule has 0 saturated heterocycles. The first-order valence-corrected chi connectivity index (χ1v) is 11.3. The number of aliphatic carboxylic acids is 1. The van der Waals surface area contributed by atoms with E-state index in [-0.39, 0.29) is 12.5 Å². The summed E-state index contributed by atoms with van der Waals surface area (Å²) in [4.78, 5) is 36.7. The Bertz CT molecular complexity index is 1020. The molecule has 34 heavy (non-hydrogen) atoms. The molecule has 0 aromatic heterocycles. The van der Waals surface area contributed by atoms with Gasteiger partial charge in [-0.2, -0.15) is 0 Å². The van der Waals surface area contributed by atoms with Gasteiger partial charge in [-0.05, 0) is 56.9 Å². The highest BCUT2D eigenvalue weighted by Gasteiger charge is 2.34. The molecule has 2 aromatic rings. The number of hydrogen-bond acceptors (Lipinski definition) is 5. The fraction of sp³-hybridized carbons (Fsp3) is 0.423. The van der Waals surface area contributed by atoms with E-state index in [1.165, 1.54) is 6.92 Å². The standard InChI is InChI=1S/C26H32N2O6/c1-15(24(30)31)27-23(29)22(16(2)34-26(3,4)5)28-25(32)33-14-21-19-12-8-6-10-17(19)18-11-7-9-13-20(18)21/h6-13,15-16,21-22H,14H2,1-5H3,(H,27,29)(H,28,32)(H,30,31)/t15-,16+,22-/m0/s1. The zero-order chi connectivity index (χ0) is 25.0. The zero-order valence-electron chi connectivity index (χ0n) is 20.1. The van der Waals surface area contributed by atoms with Gasteiger partial charge in [0.05, 0.1) is 11.7 Å². The van der Waals surface area contributed by atoms with E-state index in [9.17, 15) is 14.4 Å². The first-order valence-electron chi connectivity index (χ1n) is 11.3. The molecule has 3 N–H and O–H groups in total. The highest BCUT2D eigenvalue weighted by molar-refractivity contribution is 5.89. The van der Waals surface area contributed by atoms with Gasteiger partial charge in [0, 0.05) is 5.92 Å². The second kappa shape index (κ2) is 10.3. The fourth-order valence-electron chi connectivity index (χ4n) is 4.15. The number of nitrogens with one attached hydrogen (secondary N) is 2. The summed E-state index contributed by atoms with van der Waals surface area (Å²) in [6.07, 6.45) is -1.52. The molecule has 0 radical (unpaired) electrons. The third-order valence-corrected chi connectivity index (χ3v) is 5.64. The van der Waals surface area contributed by atoms with E-state index in [0.29, 0.717) is 0 Å². The smallest absolute Gasteiger partial charge is 0.407 e. The number of alkyl carbamates (subject to hydrolysis) is 1. The first kappa shape index (κ1) is 25.2. The Morgan fingerprint density at radius 2 is 1.47 bits per heavy atom. The number of rotatable bonds is 8. The van der Waals surface area contributed by atoms with Crippen LogP contribution in [0.3, 0.4) is 0 Å². The molecule has 3 rings (SSSR count). The molecule has 0 bridgehead atoms. The van der Waals surface area contributed by atoms with Crippen molar-refractivity contribution in [3.05, 3.63) is 59.7 Å². The molecule has 1 aliphatic rings. The van der Waals surface area contributed by atoms with Crippen molar-refractivity contribution in [2.75, 3.05) is 6.61 Å². The van der Waals surface area contributed by atoms with Gasteiger partial charge in [0.2, 0.25) is 5.91 Å². The molecule has 3 atom stereocenters. The van der Waals surface area contributed by atoms with Crippen LogP contribution >= 0.6 is 0 Å². The molecule has 0 aliphatic heterocycles. The van der Waals surface area contributed by atoms with Crippen molar-refractivity contribution in [2.24, 2.45) is 0 Å². The molecule has 0 unspecified atom stereocenters. The quantitative estimate of drug-likeness (QED) is 0.545. The second-order valence-corrected chi connectivity index (χ2v) is 9.45. The summed E-state index contributed by atoms with van der Waals surface area (Å²) < 4.78 is 11.4. The van der Waals surface area contributed by atoms with E-state index < -0.39 is 41.8 Å². The number of amides is 2. The van der Waals surface area contributed by atoms with Crippen molar-refractivity contribution < 1.29 is 29.0 Å².